The number of fused-ring (bicyclic) bond motifs is 2. The molecule has 6 nitrogen and oxygen atoms in total. The monoisotopic (exact) mass is 262 g/mol. The second-order valence-electron chi connectivity index (χ2n) is 5.17. The molecule has 100 valence electrons. The summed E-state index contributed by atoms with van der Waals surface area (Å²) in [5, 5.41) is 20.6. The fourth-order valence-corrected chi connectivity index (χ4v) is 2.46. The van der Waals surface area contributed by atoms with Crippen molar-refractivity contribution in [3.8, 4) is 0 Å². The summed E-state index contributed by atoms with van der Waals surface area (Å²) in [4.78, 5) is 24.6. The zero-order valence-corrected chi connectivity index (χ0v) is 10.4. The predicted octanol–water partition coefficient (Wildman–Crippen LogP) is -0.711. The number of aromatic nitrogens is 2. The number of hydrogen-bond donors (Lipinski definition) is 2. The Morgan fingerprint density at radius 2 is 1.68 bits per heavy atom. The number of aliphatic hydroxyl groups is 2. The SMILES string of the molecule is C[C@@]1(O)Cn2c(=O)c3ccccc3c(=O)n2C[C@H]1O. The van der Waals surface area contributed by atoms with E-state index in [0.717, 1.165) is 0 Å². The lowest BCUT2D eigenvalue weighted by Crippen LogP contribution is -2.57. The van der Waals surface area contributed by atoms with E-state index in [1.54, 1.807) is 24.3 Å². The standard InChI is InChI=1S/C13H14N2O4/c1-13(19)7-15-12(18)9-5-3-2-4-8(9)11(17)14(15)6-10(13)16/h2-5,10,16,19H,6-7H2,1H3/t10-,13-/m1/s1. The molecule has 2 heterocycles. The summed E-state index contributed by atoms with van der Waals surface area (Å²) in [5.41, 5.74) is -2.08. The van der Waals surface area contributed by atoms with Gasteiger partial charge in [-0.1, -0.05) is 12.1 Å². The van der Waals surface area contributed by atoms with Gasteiger partial charge in [0.15, 0.2) is 0 Å². The van der Waals surface area contributed by atoms with E-state index in [0.29, 0.717) is 10.8 Å². The third-order valence-corrected chi connectivity index (χ3v) is 3.68. The highest BCUT2D eigenvalue weighted by atomic mass is 16.3. The van der Waals surface area contributed by atoms with Gasteiger partial charge >= 0.3 is 0 Å². The van der Waals surface area contributed by atoms with E-state index in [4.69, 9.17) is 0 Å². The van der Waals surface area contributed by atoms with Gasteiger partial charge in [-0.25, -0.2) is 9.36 Å². The number of benzene rings is 1. The molecule has 2 aromatic rings. The molecule has 2 atom stereocenters. The normalized spacial score (nSPS) is 26.4. The van der Waals surface area contributed by atoms with Gasteiger partial charge in [0.05, 0.1) is 23.9 Å². The summed E-state index contributed by atoms with van der Waals surface area (Å²) in [6.07, 6.45) is -1.08. The Kier molecular flexibility index (Phi) is 2.42. The molecule has 0 unspecified atom stereocenters. The molecule has 1 aliphatic heterocycles. The molecular formula is C13H14N2O4. The van der Waals surface area contributed by atoms with Crippen molar-refractivity contribution >= 4 is 10.8 Å². The van der Waals surface area contributed by atoms with Crippen molar-refractivity contribution in [1.82, 2.24) is 9.36 Å². The topological polar surface area (TPSA) is 84.5 Å². The van der Waals surface area contributed by atoms with Gasteiger partial charge < -0.3 is 10.2 Å². The van der Waals surface area contributed by atoms with Crippen molar-refractivity contribution in [2.24, 2.45) is 0 Å². The number of aliphatic hydroxyl groups excluding tert-OH is 1. The minimum Gasteiger partial charge on any atom is -0.388 e. The van der Waals surface area contributed by atoms with Crippen LogP contribution in [0.5, 0.6) is 0 Å². The van der Waals surface area contributed by atoms with Crippen LogP contribution in [0, 0.1) is 0 Å². The molecule has 0 fully saturated rings. The Morgan fingerprint density at radius 3 is 2.26 bits per heavy atom. The van der Waals surface area contributed by atoms with E-state index in [-0.39, 0.29) is 24.2 Å². The third-order valence-electron chi connectivity index (χ3n) is 3.68. The first-order valence-corrected chi connectivity index (χ1v) is 6.05. The molecule has 1 aliphatic rings. The van der Waals surface area contributed by atoms with Crippen LogP contribution in [0.3, 0.4) is 0 Å². The maximum absolute atomic E-state index is 12.3. The van der Waals surface area contributed by atoms with E-state index in [9.17, 15) is 19.8 Å². The van der Waals surface area contributed by atoms with Gasteiger partial charge in [-0.15, -0.1) is 0 Å². The molecule has 0 amide bonds. The molecule has 0 saturated carbocycles. The van der Waals surface area contributed by atoms with Crippen LogP contribution in [-0.4, -0.2) is 31.3 Å². The van der Waals surface area contributed by atoms with Crippen LogP contribution in [0.4, 0.5) is 0 Å². The van der Waals surface area contributed by atoms with Gasteiger partial charge in [0.2, 0.25) is 0 Å². The molecule has 2 N–H and O–H groups in total. The lowest BCUT2D eigenvalue weighted by Gasteiger charge is -2.36. The van der Waals surface area contributed by atoms with Gasteiger partial charge in [-0.05, 0) is 19.1 Å². The van der Waals surface area contributed by atoms with Crippen LogP contribution in [0.2, 0.25) is 0 Å². The van der Waals surface area contributed by atoms with Gasteiger partial charge in [0.25, 0.3) is 11.1 Å². The molecule has 3 rings (SSSR count). The predicted molar refractivity (Wildman–Crippen MR) is 69.1 cm³/mol. The highest BCUT2D eigenvalue weighted by Gasteiger charge is 2.37. The number of nitrogens with zero attached hydrogens (tertiary/aromatic N) is 2. The molecular weight excluding hydrogens is 248 g/mol. The molecule has 1 aromatic carbocycles. The van der Waals surface area contributed by atoms with E-state index < -0.39 is 11.7 Å². The van der Waals surface area contributed by atoms with E-state index >= 15 is 0 Å². The number of hydrogen-bond acceptors (Lipinski definition) is 4. The molecule has 0 radical (unpaired) electrons. The first kappa shape index (κ1) is 12.1. The van der Waals surface area contributed by atoms with Gasteiger partial charge in [-0.2, -0.15) is 0 Å². The molecule has 0 aliphatic carbocycles. The summed E-state index contributed by atoms with van der Waals surface area (Å²) in [6, 6.07) is 6.56. The van der Waals surface area contributed by atoms with Crippen molar-refractivity contribution in [2.75, 3.05) is 0 Å². The molecule has 0 spiro atoms. The van der Waals surface area contributed by atoms with Crippen LogP contribution >= 0.6 is 0 Å². The summed E-state index contributed by atoms with van der Waals surface area (Å²) in [6.45, 7) is 1.26. The molecule has 1 aromatic heterocycles. The molecule has 19 heavy (non-hydrogen) atoms. The van der Waals surface area contributed by atoms with Crippen LogP contribution in [0.1, 0.15) is 6.92 Å². The largest absolute Gasteiger partial charge is 0.388 e. The first-order valence-electron chi connectivity index (χ1n) is 6.05. The highest BCUT2D eigenvalue weighted by Crippen LogP contribution is 2.18. The van der Waals surface area contributed by atoms with Crippen LogP contribution in [0.25, 0.3) is 10.8 Å². The quantitative estimate of drug-likeness (QED) is 0.657. The second-order valence-corrected chi connectivity index (χ2v) is 5.17. The van der Waals surface area contributed by atoms with Crippen LogP contribution < -0.4 is 11.1 Å². The minimum atomic E-state index is -1.42. The Hall–Kier alpha value is -1.92. The minimum absolute atomic E-state index is 0.0914. The van der Waals surface area contributed by atoms with Gasteiger partial charge in [0.1, 0.15) is 11.7 Å². The fraction of sp³-hybridized carbons (Fsp3) is 0.385. The summed E-state index contributed by atoms with van der Waals surface area (Å²) >= 11 is 0. The Labute approximate surface area is 108 Å². The van der Waals surface area contributed by atoms with Gasteiger partial charge in [0, 0.05) is 0 Å². The van der Waals surface area contributed by atoms with Crippen molar-refractivity contribution in [1.29, 1.82) is 0 Å². The zero-order valence-electron chi connectivity index (χ0n) is 10.4. The maximum Gasteiger partial charge on any atom is 0.273 e. The van der Waals surface area contributed by atoms with Crippen LogP contribution in [0.15, 0.2) is 33.9 Å². The summed E-state index contributed by atoms with van der Waals surface area (Å²) < 4.78 is 2.41. The van der Waals surface area contributed by atoms with Crippen molar-refractivity contribution in [2.45, 2.75) is 31.7 Å². The zero-order chi connectivity index (χ0) is 13.8. The fourth-order valence-electron chi connectivity index (χ4n) is 2.46. The molecule has 6 heteroatoms. The smallest absolute Gasteiger partial charge is 0.273 e. The number of rotatable bonds is 0. The van der Waals surface area contributed by atoms with E-state index in [1.165, 1.54) is 16.3 Å². The maximum atomic E-state index is 12.3. The lowest BCUT2D eigenvalue weighted by atomic mass is 9.97. The Balaban J connectivity index is 2.41. The summed E-state index contributed by atoms with van der Waals surface area (Å²) in [7, 11) is 0. The van der Waals surface area contributed by atoms with Gasteiger partial charge in [-0.3, -0.25) is 9.59 Å². The molecule has 0 bridgehead atoms. The first-order chi connectivity index (χ1) is 8.92. The molecule has 0 saturated heterocycles. The highest BCUT2D eigenvalue weighted by molar-refractivity contribution is 5.80. The Morgan fingerprint density at radius 1 is 1.16 bits per heavy atom. The van der Waals surface area contributed by atoms with E-state index in [2.05, 4.69) is 0 Å². The van der Waals surface area contributed by atoms with E-state index in [1.807, 2.05) is 0 Å². The average molecular weight is 262 g/mol. The van der Waals surface area contributed by atoms with Crippen molar-refractivity contribution < 1.29 is 10.2 Å². The van der Waals surface area contributed by atoms with Crippen LogP contribution in [-0.2, 0) is 13.1 Å². The Bertz CT molecular complexity index is 772. The lowest BCUT2D eigenvalue weighted by molar-refractivity contribution is -0.106. The van der Waals surface area contributed by atoms with Crippen molar-refractivity contribution in [3.63, 3.8) is 0 Å². The van der Waals surface area contributed by atoms with Crippen molar-refractivity contribution in [3.05, 3.63) is 45.0 Å². The summed E-state index contributed by atoms with van der Waals surface area (Å²) in [5.74, 6) is 0. The third kappa shape index (κ3) is 1.64. The average Bonchev–Trinajstić information content (AvgIpc) is 2.38. The second kappa shape index (κ2) is 3.79.